The molecule has 8 nitrogen and oxygen atoms in total. The molecule has 0 aliphatic heterocycles. The number of nitrogens with one attached hydrogen (secondary N) is 1. The van der Waals surface area contributed by atoms with Gasteiger partial charge in [-0.2, -0.15) is 0 Å². The van der Waals surface area contributed by atoms with Crippen LogP contribution < -0.4 is 4.72 Å². The molecule has 1 unspecified atom stereocenters. The minimum Gasteiger partial charge on any atom is -0.387 e. The molecule has 23 heavy (non-hydrogen) atoms. The maximum absolute atomic E-state index is 12.1. The summed E-state index contributed by atoms with van der Waals surface area (Å²) >= 11 is 0. The van der Waals surface area contributed by atoms with E-state index in [1.807, 2.05) is 0 Å². The SMILES string of the molecule is Cn1cccc1C(O)CCNS(=O)(=O)c1cccc([N+](=O)[O-])c1. The fourth-order valence-corrected chi connectivity index (χ4v) is 3.23. The Kier molecular flexibility index (Phi) is 5.14. The molecule has 0 aliphatic rings. The molecular weight excluding hydrogens is 322 g/mol. The first kappa shape index (κ1) is 17.1. The second kappa shape index (κ2) is 6.90. The molecule has 1 atom stereocenters. The van der Waals surface area contributed by atoms with Crippen LogP contribution in [0.3, 0.4) is 0 Å². The summed E-state index contributed by atoms with van der Waals surface area (Å²) in [7, 11) is -2.08. The van der Waals surface area contributed by atoms with E-state index >= 15 is 0 Å². The minimum atomic E-state index is -3.86. The lowest BCUT2D eigenvalue weighted by atomic mass is 10.2. The van der Waals surface area contributed by atoms with E-state index in [2.05, 4.69) is 4.72 Å². The lowest BCUT2D eigenvalue weighted by Gasteiger charge is -2.12. The third-order valence-corrected chi connectivity index (χ3v) is 4.83. The number of aliphatic hydroxyl groups excluding tert-OH is 1. The van der Waals surface area contributed by atoms with Gasteiger partial charge >= 0.3 is 0 Å². The van der Waals surface area contributed by atoms with Gasteiger partial charge < -0.3 is 9.67 Å². The number of rotatable bonds is 7. The molecule has 0 amide bonds. The van der Waals surface area contributed by atoms with Gasteiger partial charge in [0.25, 0.3) is 5.69 Å². The van der Waals surface area contributed by atoms with Crippen molar-refractivity contribution in [2.45, 2.75) is 17.4 Å². The minimum absolute atomic E-state index is 0.0113. The third-order valence-electron chi connectivity index (χ3n) is 3.37. The molecule has 1 aromatic carbocycles. The predicted octanol–water partition coefficient (Wildman–Crippen LogP) is 1.34. The number of aromatic nitrogens is 1. The lowest BCUT2D eigenvalue weighted by molar-refractivity contribution is -0.385. The van der Waals surface area contributed by atoms with Crippen LogP contribution in [0.1, 0.15) is 18.2 Å². The van der Waals surface area contributed by atoms with Gasteiger partial charge in [-0.05, 0) is 24.6 Å². The van der Waals surface area contributed by atoms with Gasteiger partial charge in [0.15, 0.2) is 0 Å². The maximum Gasteiger partial charge on any atom is 0.270 e. The van der Waals surface area contributed by atoms with Crippen LogP contribution in [-0.4, -0.2) is 29.6 Å². The van der Waals surface area contributed by atoms with E-state index in [0.29, 0.717) is 5.69 Å². The molecule has 0 spiro atoms. The van der Waals surface area contributed by atoms with Crippen LogP contribution in [0.25, 0.3) is 0 Å². The largest absolute Gasteiger partial charge is 0.387 e. The molecule has 2 rings (SSSR count). The van der Waals surface area contributed by atoms with Gasteiger partial charge in [0, 0.05) is 37.6 Å². The predicted molar refractivity (Wildman–Crippen MR) is 83.3 cm³/mol. The highest BCUT2D eigenvalue weighted by Crippen LogP contribution is 2.18. The third kappa shape index (κ3) is 4.15. The van der Waals surface area contributed by atoms with Crippen LogP contribution >= 0.6 is 0 Å². The van der Waals surface area contributed by atoms with Gasteiger partial charge in [-0.1, -0.05) is 6.07 Å². The summed E-state index contributed by atoms with van der Waals surface area (Å²) in [4.78, 5) is 9.87. The summed E-state index contributed by atoms with van der Waals surface area (Å²) in [6.45, 7) is 0.0113. The Morgan fingerprint density at radius 1 is 1.35 bits per heavy atom. The van der Waals surface area contributed by atoms with Crippen LogP contribution in [0.15, 0.2) is 47.5 Å². The molecule has 124 valence electrons. The van der Waals surface area contributed by atoms with Crippen molar-refractivity contribution < 1.29 is 18.4 Å². The van der Waals surface area contributed by atoms with E-state index < -0.39 is 21.1 Å². The number of sulfonamides is 1. The molecule has 1 heterocycles. The number of hydrogen-bond donors (Lipinski definition) is 2. The number of hydrogen-bond acceptors (Lipinski definition) is 5. The highest BCUT2D eigenvalue weighted by molar-refractivity contribution is 7.89. The van der Waals surface area contributed by atoms with Gasteiger partial charge in [0.1, 0.15) is 0 Å². The van der Waals surface area contributed by atoms with Crippen molar-refractivity contribution >= 4 is 15.7 Å². The number of nitro groups is 1. The standard InChI is InChI=1S/C14H17N3O5S/c1-16-9-3-6-13(16)14(18)7-8-15-23(21,22)12-5-2-4-11(10-12)17(19)20/h2-6,9-10,14-15,18H,7-8H2,1H3. The van der Waals surface area contributed by atoms with Crippen LogP contribution in [0.4, 0.5) is 5.69 Å². The van der Waals surface area contributed by atoms with Gasteiger partial charge in [0.2, 0.25) is 10.0 Å². The van der Waals surface area contributed by atoms with Gasteiger partial charge in [-0.3, -0.25) is 10.1 Å². The maximum atomic E-state index is 12.1. The van der Waals surface area contributed by atoms with Gasteiger partial charge in [0.05, 0.1) is 15.9 Å². The highest BCUT2D eigenvalue weighted by atomic mass is 32.2. The summed E-state index contributed by atoms with van der Waals surface area (Å²) in [5.74, 6) is 0. The first-order valence-corrected chi connectivity index (χ1v) is 8.33. The average molecular weight is 339 g/mol. The Hall–Kier alpha value is -2.23. The summed E-state index contributed by atoms with van der Waals surface area (Å²) in [6, 6.07) is 8.34. The molecule has 1 aromatic heterocycles. The quantitative estimate of drug-likeness (QED) is 0.583. The van der Waals surface area contributed by atoms with E-state index in [-0.39, 0.29) is 23.5 Å². The zero-order valence-corrected chi connectivity index (χ0v) is 13.2. The highest BCUT2D eigenvalue weighted by Gasteiger charge is 2.18. The van der Waals surface area contributed by atoms with Crippen molar-refractivity contribution in [1.29, 1.82) is 0 Å². The van der Waals surface area contributed by atoms with Crippen molar-refractivity contribution in [1.82, 2.24) is 9.29 Å². The topological polar surface area (TPSA) is 114 Å². The number of benzene rings is 1. The van der Waals surface area contributed by atoms with Crippen LogP contribution in [0.5, 0.6) is 0 Å². The molecule has 0 bridgehead atoms. The van der Waals surface area contributed by atoms with Crippen LogP contribution in [0, 0.1) is 10.1 Å². The van der Waals surface area contributed by atoms with E-state index in [0.717, 1.165) is 6.07 Å². The molecular formula is C14H17N3O5S. The Balaban J connectivity index is 2.00. The zero-order chi connectivity index (χ0) is 17.0. The summed E-state index contributed by atoms with van der Waals surface area (Å²) < 4.78 is 28.3. The zero-order valence-electron chi connectivity index (χ0n) is 12.4. The Morgan fingerprint density at radius 2 is 2.09 bits per heavy atom. The Bertz CT molecular complexity index is 800. The monoisotopic (exact) mass is 339 g/mol. The summed E-state index contributed by atoms with van der Waals surface area (Å²) in [5.41, 5.74) is 0.385. The second-order valence-electron chi connectivity index (χ2n) is 5.00. The summed E-state index contributed by atoms with van der Waals surface area (Å²) in [6.07, 6.45) is 1.17. The second-order valence-corrected chi connectivity index (χ2v) is 6.77. The molecule has 0 aliphatic carbocycles. The van der Waals surface area contributed by atoms with Crippen LogP contribution in [0.2, 0.25) is 0 Å². The number of aryl methyl sites for hydroxylation is 1. The fraction of sp³-hybridized carbons (Fsp3) is 0.286. The molecule has 0 fully saturated rings. The van der Waals surface area contributed by atoms with Crippen molar-refractivity contribution in [3.05, 3.63) is 58.4 Å². The number of nitro benzene ring substituents is 1. The van der Waals surface area contributed by atoms with Crippen molar-refractivity contribution in [2.75, 3.05) is 6.54 Å². The Labute approximate surface area is 133 Å². The van der Waals surface area contributed by atoms with Crippen molar-refractivity contribution in [3.63, 3.8) is 0 Å². The number of non-ortho nitro benzene ring substituents is 1. The molecule has 9 heteroatoms. The van der Waals surface area contributed by atoms with Gasteiger partial charge in [-0.25, -0.2) is 13.1 Å². The Morgan fingerprint density at radius 3 is 2.70 bits per heavy atom. The van der Waals surface area contributed by atoms with Gasteiger partial charge in [-0.15, -0.1) is 0 Å². The first-order valence-electron chi connectivity index (χ1n) is 6.84. The van der Waals surface area contributed by atoms with Crippen molar-refractivity contribution in [3.8, 4) is 0 Å². The molecule has 2 aromatic rings. The normalized spacial score (nSPS) is 13.0. The molecule has 0 saturated carbocycles. The van der Waals surface area contributed by atoms with E-state index in [1.165, 1.54) is 18.2 Å². The van der Waals surface area contributed by atoms with E-state index in [9.17, 15) is 23.6 Å². The van der Waals surface area contributed by atoms with Crippen molar-refractivity contribution in [2.24, 2.45) is 7.05 Å². The first-order chi connectivity index (χ1) is 10.8. The number of nitrogens with zero attached hydrogens (tertiary/aromatic N) is 2. The van der Waals surface area contributed by atoms with Crippen LogP contribution in [-0.2, 0) is 17.1 Å². The summed E-state index contributed by atoms with van der Waals surface area (Å²) in [5, 5.41) is 20.7. The molecule has 2 N–H and O–H groups in total. The lowest BCUT2D eigenvalue weighted by Crippen LogP contribution is -2.26. The van der Waals surface area contributed by atoms with E-state index in [4.69, 9.17) is 0 Å². The number of aliphatic hydroxyl groups is 1. The molecule has 0 radical (unpaired) electrons. The molecule has 0 saturated heterocycles. The smallest absolute Gasteiger partial charge is 0.270 e. The van der Waals surface area contributed by atoms with E-state index in [1.54, 1.807) is 29.9 Å². The fourth-order valence-electron chi connectivity index (χ4n) is 2.15. The average Bonchev–Trinajstić information content (AvgIpc) is 2.93.